The molecule has 0 aromatic heterocycles. The third kappa shape index (κ3) is 3.95. The van der Waals surface area contributed by atoms with Crippen LogP contribution in [0.1, 0.15) is 36.0 Å². The van der Waals surface area contributed by atoms with Crippen LogP contribution in [0.2, 0.25) is 10.0 Å². The molecule has 1 fully saturated rings. The molecule has 2 amide bonds. The van der Waals surface area contributed by atoms with Crippen molar-refractivity contribution < 1.29 is 9.59 Å². The normalized spacial score (nSPS) is 20.4. The summed E-state index contributed by atoms with van der Waals surface area (Å²) in [6.45, 7) is 0. The molecule has 0 radical (unpaired) electrons. The lowest BCUT2D eigenvalue weighted by atomic mass is 9.83. The van der Waals surface area contributed by atoms with Gasteiger partial charge in [-0.3, -0.25) is 14.5 Å². The van der Waals surface area contributed by atoms with E-state index < -0.39 is 11.8 Å². The van der Waals surface area contributed by atoms with E-state index in [1.165, 1.54) is 7.05 Å². The van der Waals surface area contributed by atoms with E-state index in [0.717, 1.165) is 17.7 Å². The zero-order valence-electron chi connectivity index (χ0n) is 12.7. The molecular weight excluding hydrogens is 337 g/mol. The van der Waals surface area contributed by atoms with Crippen LogP contribution >= 0.6 is 23.2 Å². The highest BCUT2D eigenvalue weighted by Gasteiger charge is 2.34. The molecule has 122 valence electrons. The van der Waals surface area contributed by atoms with Crippen molar-refractivity contribution in [2.45, 2.75) is 31.7 Å². The van der Waals surface area contributed by atoms with Crippen LogP contribution in [0, 0.1) is 17.4 Å². The Hall–Kier alpha value is -1.77. The molecule has 2 atom stereocenters. The van der Waals surface area contributed by atoms with Crippen LogP contribution < -0.4 is 5.32 Å². The maximum Gasteiger partial charge on any atom is 0.254 e. The van der Waals surface area contributed by atoms with Crippen LogP contribution in [-0.2, 0) is 4.79 Å². The largest absolute Gasteiger partial charge is 0.348 e. The Morgan fingerprint density at radius 3 is 2.48 bits per heavy atom. The molecule has 1 aromatic rings. The van der Waals surface area contributed by atoms with Gasteiger partial charge in [0.15, 0.2) is 6.19 Å². The molecule has 1 aliphatic carbocycles. The quantitative estimate of drug-likeness (QED) is 0.669. The minimum atomic E-state index is -0.404. The summed E-state index contributed by atoms with van der Waals surface area (Å²) in [4.78, 5) is 25.8. The summed E-state index contributed by atoms with van der Waals surface area (Å²) in [5.41, 5.74) is 0.209. The Kier molecular flexibility index (Phi) is 5.86. The summed E-state index contributed by atoms with van der Waals surface area (Å²) in [5, 5.41) is 12.3. The Bertz CT molecular complexity index is 637. The summed E-state index contributed by atoms with van der Waals surface area (Å²) in [6.07, 6.45) is 4.96. The number of amides is 2. The first-order valence-corrected chi connectivity index (χ1v) is 8.13. The molecule has 0 aliphatic heterocycles. The van der Waals surface area contributed by atoms with Gasteiger partial charge in [-0.2, -0.15) is 5.26 Å². The fourth-order valence-corrected chi connectivity index (χ4v) is 3.42. The second-order valence-electron chi connectivity index (χ2n) is 5.56. The highest BCUT2D eigenvalue weighted by Crippen LogP contribution is 2.28. The predicted octanol–water partition coefficient (Wildman–Crippen LogP) is 3.22. The van der Waals surface area contributed by atoms with Crippen molar-refractivity contribution in [3.05, 3.63) is 33.8 Å². The van der Waals surface area contributed by atoms with E-state index in [2.05, 4.69) is 5.32 Å². The second-order valence-corrected chi connectivity index (χ2v) is 6.38. The SMILES string of the molecule is CN(C#N)C(=O)[C@H]1CCCC[C@H]1NC(=O)c1c(Cl)cccc1Cl. The van der Waals surface area contributed by atoms with Gasteiger partial charge in [0.05, 0.1) is 21.5 Å². The van der Waals surface area contributed by atoms with Gasteiger partial charge in [-0.05, 0) is 25.0 Å². The maximum absolute atomic E-state index is 12.5. The van der Waals surface area contributed by atoms with E-state index >= 15 is 0 Å². The van der Waals surface area contributed by atoms with Crippen LogP contribution in [0.25, 0.3) is 0 Å². The minimum Gasteiger partial charge on any atom is -0.348 e. The van der Waals surface area contributed by atoms with Gasteiger partial charge in [0.25, 0.3) is 5.91 Å². The summed E-state index contributed by atoms with van der Waals surface area (Å²) < 4.78 is 0. The first-order chi connectivity index (χ1) is 11.0. The van der Waals surface area contributed by atoms with Gasteiger partial charge < -0.3 is 5.32 Å². The van der Waals surface area contributed by atoms with E-state index in [1.54, 1.807) is 18.2 Å². The molecule has 0 spiro atoms. The number of nitrogens with one attached hydrogen (secondary N) is 1. The Morgan fingerprint density at radius 2 is 1.87 bits per heavy atom. The number of halogens is 2. The molecule has 2 rings (SSSR count). The third-order valence-electron chi connectivity index (χ3n) is 4.07. The van der Waals surface area contributed by atoms with Gasteiger partial charge >= 0.3 is 0 Å². The number of hydrogen-bond acceptors (Lipinski definition) is 3. The van der Waals surface area contributed by atoms with Crippen molar-refractivity contribution in [1.82, 2.24) is 10.2 Å². The van der Waals surface area contributed by atoms with Crippen molar-refractivity contribution >= 4 is 35.0 Å². The molecule has 1 aliphatic rings. The Morgan fingerprint density at radius 1 is 1.26 bits per heavy atom. The smallest absolute Gasteiger partial charge is 0.254 e. The molecular formula is C16H17Cl2N3O2. The van der Waals surface area contributed by atoms with E-state index in [9.17, 15) is 9.59 Å². The van der Waals surface area contributed by atoms with Gasteiger partial charge in [-0.1, -0.05) is 42.1 Å². The molecule has 1 saturated carbocycles. The highest BCUT2D eigenvalue weighted by atomic mass is 35.5. The number of carbonyl (C=O) groups is 2. The summed E-state index contributed by atoms with van der Waals surface area (Å²) >= 11 is 12.1. The van der Waals surface area contributed by atoms with Gasteiger partial charge in [-0.15, -0.1) is 0 Å². The lowest BCUT2D eigenvalue weighted by Gasteiger charge is -2.32. The fraction of sp³-hybridized carbons (Fsp3) is 0.438. The van der Waals surface area contributed by atoms with Crippen LogP contribution in [0.3, 0.4) is 0 Å². The van der Waals surface area contributed by atoms with Crippen molar-refractivity contribution in [3.63, 3.8) is 0 Å². The highest BCUT2D eigenvalue weighted by molar-refractivity contribution is 6.39. The molecule has 1 N–H and O–H groups in total. The number of benzene rings is 1. The number of nitriles is 1. The number of nitrogens with zero attached hydrogens (tertiary/aromatic N) is 2. The minimum absolute atomic E-state index is 0.209. The van der Waals surface area contributed by atoms with E-state index in [1.807, 2.05) is 6.19 Å². The number of carbonyl (C=O) groups excluding carboxylic acids is 2. The molecule has 5 nitrogen and oxygen atoms in total. The Balaban J connectivity index is 2.18. The lowest BCUT2D eigenvalue weighted by molar-refractivity contribution is -0.133. The number of rotatable bonds is 3. The third-order valence-corrected chi connectivity index (χ3v) is 4.70. The summed E-state index contributed by atoms with van der Waals surface area (Å²) in [6, 6.07) is 4.52. The van der Waals surface area contributed by atoms with Gasteiger partial charge in [-0.25, -0.2) is 0 Å². The fourth-order valence-electron chi connectivity index (χ4n) is 2.85. The van der Waals surface area contributed by atoms with Crippen LogP contribution in [0.5, 0.6) is 0 Å². The summed E-state index contributed by atoms with van der Waals surface area (Å²) in [5.74, 6) is -1.08. The van der Waals surface area contributed by atoms with E-state index in [-0.39, 0.29) is 27.6 Å². The zero-order chi connectivity index (χ0) is 17.0. The summed E-state index contributed by atoms with van der Waals surface area (Å²) in [7, 11) is 1.43. The molecule has 0 bridgehead atoms. The second kappa shape index (κ2) is 7.67. The monoisotopic (exact) mass is 353 g/mol. The molecule has 7 heteroatoms. The number of hydrogen-bond donors (Lipinski definition) is 1. The van der Waals surface area contributed by atoms with Gasteiger partial charge in [0.2, 0.25) is 5.91 Å². The van der Waals surface area contributed by atoms with Crippen LogP contribution in [0.15, 0.2) is 18.2 Å². The average molecular weight is 354 g/mol. The topological polar surface area (TPSA) is 73.2 Å². The van der Waals surface area contributed by atoms with Crippen LogP contribution in [0.4, 0.5) is 0 Å². The van der Waals surface area contributed by atoms with Crippen molar-refractivity contribution in [2.24, 2.45) is 5.92 Å². The first-order valence-electron chi connectivity index (χ1n) is 7.38. The molecule has 0 unspecified atom stereocenters. The van der Waals surface area contributed by atoms with Crippen LogP contribution in [-0.4, -0.2) is 29.8 Å². The van der Waals surface area contributed by atoms with Crippen molar-refractivity contribution in [3.8, 4) is 6.19 Å². The van der Waals surface area contributed by atoms with E-state index in [0.29, 0.717) is 12.8 Å². The molecule has 0 heterocycles. The average Bonchev–Trinajstić information content (AvgIpc) is 2.53. The maximum atomic E-state index is 12.5. The lowest BCUT2D eigenvalue weighted by Crippen LogP contribution is -2.48. The predicted molar refractivity (Wildman–Crippen MR) is 88.1 cm³/mol. The first kappa shape index (κ1) is 17.6. The molecule has 0 saturated heterocycles. The van der Waals surface area contributed by atoms with Gasteiger partial charge in [0, 0.05) is 13.1 Å². The van der Waals surface area contributed by atoms with E-state index in [4.69, 9.17) is 28.5 Å². The molecule has 1 aromatic carbocycles. The zero-order valence-corrected chi connectivity index (χ0v) is 14.2. The van der Waals surface area contributed by atoms with Gasteiger partial charge in [0.1, 0.15) is 0 Å². The molecule has 23 heavy (non-hydrogen) atoms. The standard InChI is InChI=1S/C16H17Cl2N3O2/c1-21(9-19)16(23)10-5-2-3-8-13(10)20-15(22)14-11(17)6-4-7-12(14)18/h4,6-7,10,13H,2-3,5,8H2,1H3,(H,20,22)/t10-,13+/m0/s1. The van der Waals surface area contributed by atoms with Crippen molar-refractivity contribution in [2.75, 3.05) is 7.05 Å². The Labute approximate surface area is 145 Å². The van der Waals surface area contributed by atoms with Crippen molar-refractivity contribution in [1.29, 1.82) is 5.26 Å².